The number of aromatic nitrogens is 4. The third-order valence-corrected chi connectivity index (χ3v) is 7.43. The van der Waals surface area contributed by atoms with Crippen LogP contribution in [0.2, 0.25) is 0 Å². The average Bonchev–Trinajstić information content (AvgIpc) is 3.14. The van der Waals surface area contributed by atoms with Crippen LogP contribution in [-0.4, -0.2) is 100 Å². The molecule has 0 spiro atoms. The highest BCUT2D eigenvalue weighted by Gasteiger charge is 2.31. The van der Waals surface area contributed by atoms with Crippen molar-refractivity contribution in [1.82, 2.24) is 19.9 Å². The number of halogens is 6. The quantitative estimate of drug-likeness (QED) is 0.0485. The molecule has 0 saturated carbocycles. The molecule has 324 valence electrons. The summed E-state index contributed by atoms with van der Waals surface area (Å²) in [5.74, 6) is -5.49. The van der Waals surface area contributed by atoms with Gasteiger partial charge in [-0.1, -0.05) is 0 Å². The number of esters is 2. The van der Waals surface area contributed by atoms with Crippen LogP contribution in [0.25, 0.3) is 21.8 Å². The molecule has 16 nitrogen and oxygen atoms in total. The summed E-state index contributed by atoms with van der Waals surface area (Å²) in [7, 11) is 2.42. The van der Waals surface area contributed by atoms with E-state index in [9.17, 15) is 40.7 Å². The molecule has 2 heterocycles. The number of carbonyl (C=O) groups is 3. The number of alkyl halides is 4. The summed E-state index contributed by atoms with van der Waals surface area (Å²) in [4.78, 5) is 49.7. The number of aliphatic hydroxyl groups excluding tert-OH is 1. The Hall–Kier alpha value is -5.93. The first-order valence-corrected chi connectivity index (χ1v) is 17.5. The van der Waals surface area contributed by atoms with E-state index in [1.54, 1.807) is 20.8 Å². The fourth-order valence-electron chi connectivity index (χ4n) is 4.94. The molecule has 0 amide bonds. The molecule has 0 aliphatic heterocycles. The second-order valence-electron chi connectivity index (χ2n) is 14.3. The maximum Gasteiger partial charge on any atom is 0.508 e. The van der Waals surface area contributed by atoms with E-state index in [0.717, 1.165) is 12.1 Å². The van der Waals surface area contributed by atoms with Crippen molar-refractivity contribution in [3.8, 4) is 11.8 Å². The van der Waals surface area contributed by atoms with E-state index in [1.807, 2.05) is 0 Å². The van der Waals surface area contributed by atoms with E-state index in [-0.39, 0.29) is 65.9 Å². The molecule has 0 radical (unpaired) electrons. The molecule has 0 unspecified atom stereocenters. The molecule has 22 heteroatoms. The molecule has 2 aromatic heterocycles. The van der Waals surface area contributed by atoms with Gasteiger partial charge in [-0.05, 0) is 72.7 Å². The van der Waals surface area contributed by atoms with Crippen LogP contribution >= 0.6 is 0 Å². The van der Waals surface area contributed by atoms with Gasteiger partial charge in [0.2, 0.25) is 11.8 Å². The third kappa shape index (κ3) is 13.0. The lowest BCUT2D eigenvalue weighted by atomic mass is 10.0. The summed E-state index contributed by atoms with van der Waals surface area (Å²) < 4.78 is 111. The number of benzene rings is 2. The molecular formula is C37H44F6N6O10. The number of aliphatic hydroxyl groups is 1. The van der Waals surface area contributed by atoms with Crippen molar-refractivity contribution in [3.05, 3.63) is 47.5 Å². The van der Waals surface area contributed by atoms with E-state index < -0.39 is 76.4 Å². The first-order chi connectivity index (χ1) is 27.4. The SMILES string of the molecule is COC(=O)C(C)(C)Nc1cc(F)c2nc(C(F)F)nc(OCCO)c2c1.COC(=O)C(C)(C)Nc1cc(F)c2nc(C(F)F)nc(OCCOC(=O)OC(C)(C)C)c2c1. The highest BCUT2D eigenvalue weighted by molar-refractivity contribution is 5.91. The predicted octanol–water partition coefficient (Wildman–Crippen LogP) is 6.84. The first-order valence-electron chi connectivity index (χ1n) is 17.5. The number of nitrogens with zero attached hydrogens (tertiary/aromatic N) is 4. The van der Waals surface area contributed by atoms with Gasteiger partial charge in [0.1, 0.15) is 47.5 Å². The topological polar surface area (TPSA) is 202 Å². The fourth-order valence-corrected chi connectivity index (χ4v) is 4.94. The van der Waals surface area contributed by atoms with Gasteiger partial charge in [-0.2, -0.15) is 9.97 Å². The van der Waals surface area contributed by atoms with Gasteiger partial charge in [0.25, 0.3) is 12.9 Å². The zero-order valence-electron chi connectivity index (χ0n) is 33.5. The number of rotatable bonds is 15. The van der Waals surface area contributed by atoms with Crippen LogP contribution in [0, 0.1) is 11.6 Å². The van der Waals surface area contributed by atoms with E-state index in [0.29, 0.717) is 0 Å². The van der Waals surface area contributed by atoms with Gasteiger partial charge < -0.3 is 44.2 Å². The number of hydrogen-bond acceptors (Lipinski definition) is 16. The predicted molar refractivity (Wildman–Crippen MR) is 199 cm³/mol. The Balaban J connectivity index is 0.000000324. The Morgan fingerprint density at radius 2 is 1.07 bits per heavy atom. The lowest BCUT2D eigenvalue weighted by molar-refractivity contribution is -0.145. The second-order valence-corrected chi connectivity index (χ2v) is 14.3. The molecule has 0 fully saturated rings. The van der Waals surface area contributed by atoms with Gasteiger partial charge in [0.15, 0.2) is 23.3 Å². The summed E-state index contributed by atoms with van der Waals surface area (Å²) in [6.45, 7) is 9.91. The number of anilines is 2. The Kier molecular flexibility index (Phi) is 15.8. The third-order valence-electron chi connectivity index (χ3n) is 7.43. The van der Waals surface area contributed by atoms with E-state index >= 15 is 0 Å². The fraction of sp³-hybridized carbons (Fsp3) is 0.486. The standard InChI is InChI=1S/C21H26F3N3O6.C16H18F3N3O4/c1-20(2,3)33-19(29)32-8-7-31-17-12-9-11(27-21(4,5)18(28)30-6)10-13(22)14(12)25-16(26-17)15(23)24;1-16(2,15(24)25-3)22-8-6-9-11(10(17)7-8)20-13(12(18)19)21-14(9)26-5-4-23/h9-10,15,27H,7-8H2,1-6H3;6-7,12,22-23H,4-5H2,1-3H3. The average molecular weight is 847 g/mol. The van der Waals surface area contributed by atoms with Crippen molar-refractivity contribution in [2.45, 2.75) is 78.0 Å². The summed E-state index contributed by atoms with van der Waals surface area (Å²) in [5, 5.41) is 14.5. The number of methoxy groups -OCH3 is 2. The highest BCUT2D eigenvalue weighted by atomic mass is 19.3. The summed E-state index contributed by atoms with van der Waals surface area (Å²) in [5.41, 5.74) is -3.60. The van der Waals surface area contributed by atoms with Crippen LogP contribution in [0.5, 0.6) is 11.8 Å². The largest absolute Gasteiger partial charge is 0.508 e. The van der Waals surface area contributed by atoms with Crippen molar-refractivity contribution >= 4 is 51.3 Å². The molecule has 0 saturated heterocycles. The van der Waals surface area contributed by atoms with E-state index in [2.05, 4.69) is 35.3 Å². The maximum absolute atomic E-state index is 14.7. The zero-order valence-corrected chi connectivity index (χ0v) is 33.5. The van der Waals surface area contributed by atoms with Gasteiger partial charge in [0.05, 0.1) is 31.6 Å². The number of fused-ring (bicyclic) bond motifs is 2. The van der Waals surface area contributed by atoms with Crippen LogP contribution in [0.4, 0.5) is 42.5 Å². The molecule has 4 rings (SSSR count). The number of ether oxygens (including phenoxy) is 6. The normalized spacial score (nSPS) is 11.8. The molecule has 0 bridgehead atoms. The van der Waals surface area contributed by atoms with Crippen LogP contribution in [0.15, 0.2) is 24.3 Å². The molecule has 2 aromatic carbocycles. The number of hydrogen-bond donors (Lipinski definition) is 3. The highest BCUT2D eigenvalue weighted by Crippen LogP contribution is 2.33. The van der Waals surface area contributed by atoms with Gasteiger partial charge in [-0.15, -0.1) is 0 Å². The minimum Gasteiger partial charge on any atom is -0.475 e. The molecule has 59 heavy (non-hydrogen) atoms. The van der Waals surface area contributed by atoms with Crippen molar-refractivity contribution in [1.29, 1.82) is 0 Å². The summed E-state index contributed by atoms with van der Waals surface area (Å²) in [6, 6.07) is 4.74. The lowest BCUT2D eigenvalue weighted by Gasteiger charge is -2.24. The smallest absolute Gasteiger partial charge is 0.475 e. The minimum absolute atomic E-state index is 0.0195. The van der Waals surface area contributed by atoms with Crippen LogP contribution in [0.1, 0.15) is 73.0 Å². The molecule has 0 atom stereocenters. The van der Waals surface area contributed by atoms with Crippen LogP contribution in [-0.2, 0) is 28.5 Å². The molecular weight excluding hydrogens is 802 g/mol. The molecule has 3 N–H and O–H groups in total. The zero-order chi connectivity index (χ0) is 44.5. The molecule has 4 aromatic rings. The van der Waals surface area contributed by atoms with Gasteiger partial charge in [-0.3, -0.25) is 0 Å². The summed E-state index contributed by atoms with van der Waals surface area (Å²) >= 11 is 0. The van der Waals surface area contributed by atoms with Gasteiger partial charge in [-0.25, -0.2) is 50.7 Å². The minimum atomic E-state index is -3.08. The Bertz CT molecular complexity index is 2140. The van der Waals surface area contributed by atoms with Crippen molar-refractivity contribution in [2.75, 3.05) is 51.3 Å². The van der Waals surface area contributed by atoms with E-state index in [4.69, 9.17) is 28.8 Å². The van der Waals surface area contributed by atoms with E-state index in [1.165, 1.54) is 54.0 Å². The lowest BCUT2D eigenvalue weighted by Crippen LogP contribution is -2.41. The van der Waals surface area contributed by atoms with Crippen molar-refractivity contribution in [3.63, 3.8) is 0 Å². The molecule has 0 aliphatic rings. The van der Waals surface area contributed by atoms with Crippen molar-refractivity contribution in [2.24, 2.45) is 0 Å². The number of nitrogens with one attached hydrogen (secondary N) is 2. The monoisotopic (exact) mass is 846 g/mol. The van der Waals surface area contributed by atoms with Crippen molar-refractivity contribution < 1.29 is 74.3 Å². The maximum atomic E-state index is 14.7. The van der Waals surface area contributed by atoms with Gasteiger partial charge >= 0.3 is 18.1 Å². The summed E-state index contributed by atoms with van der Waals surface area (Å²) in [6.07, 6.45) is -7.04. The Morgan fingerprint density at radius 3 is 1.42 bits per heavy atom. The Labute approximate surface area is 333 Å². The Morgan fingerprint density at radius 1 is 0.661 bits per heavy atom. The van der Waals surface area contributed by atoms with Gasteiger partial charge in [0, 0.05) is 11.4 Å². The number of carbonyl (C=O) groups excluding carboxylic acids is 3. The second kappa shape index (κ2) is 19.7. The van der Waals surface area contributed by atoms with Crippen LogP contribution in [0.3, 0.4) is 0 Å². The van der Waals surface area contributed by atoms with Crippen LogP contribution < -0.4 is 20.1 Å². The first kappa shape index (κ1) is 47.4. The molecule has 0 aliphatic carbocycles.